The molecule has 1 fully saturated rings. The summed E-state index contributed by atoms with van der Waals surface area (Å²) in [6.07, 6.45) is 1.71. The Morgan fingerprint density at radius 1 is 1.36 bits per heavy atom. The number of benzene rings is 1. The summed E-state index contributed by atoms with van der Waals surface area (Å²) in [6, 6.07) is 4.04. The number of carbonyl (C=O) groups excluding carboxylic acids is 1. The molecule has 1 aromatic carbocycles. The SMILES string of the molecule is CCc1ccc(S(C)(=O)=O)cc1C(=O)N1CC(OC)CC1CC(=O)O. The molecule has 0 bridgehead atoms. The quantitative estimate of drug-likeness (QED) is 0.812. The van der Waals surface area contributed by atoms with Gasteiger partial charge in [-0.1, -0.05) is 13.0 Å². The fraction of sp³-hybridized carbons (Fsp3) is 0.529. The molecule has 0 spiro atoms. The van der Waals surface area contributed by atoms with E-state index in [2.05, 4.69) is 0 Å². The van der Waals surface area contributed by atoms with Gasteiger partial charge < -0.3 is 14.7 Å². The minimum atomic E-state index is -3.44. The van der Waals surface area contributed by atoms with Gasteiger partial charge in [0.2, 0.25) is 0 Å². The second-order valence-electron chi connectivity index (χ2n) is 6.25. The number of likely N-dealkylation sites (tertiary alicyclic amines) is 1. The van der Waals surface area contributed by atoms with E-state index in [1.54, 1.807) is 6.07 Å². The Hall–Kier alpha value is -1.93. The van der Waals surface area contributed by atoms with Crippen LogP contribution in [-0.4, -0.2) is 62.4 Å². The lowest BCUT2D eigenvalue weighted by Gasteiger charge is -2.24. The predicted octanol–water partition coefficient (Wildman–Crippen LogP) is 1.36. The third-order valence-electron chi connectivity index (χ3n) is 4.50. The molecule has 1 aliphatic rings. The Morgan fingerprint density at radius 3 is 2.56 bits per heavy atom. The largest absolute Gasteiger partial charge is 0.481 e. The number of aliphatic carboxylic acids is 1. The third-order valence-corrected chi connectivity index (χ3v) is 5.61. The molecule has 138 valence electrons. The smallest absolute Gasteiger partial charge is 0.305 e. The molecule has 2 atom stereocenters. The maximum absolute atomic E-state index is 13.0. The fourth-order valence-electron chi connectivity index (χ4n) is 3.14. The van der Waals surface area contributed by atoms with Crippen LogP contribution >= 0.6 is 0 Å². The lowest BCUT2D eigenvalue weighted by atomic mass is 10.0. The van der Waals surface area contributed by atoms with E-state index in [4.69, 9.17) is 9.84 Å². The highest BCUT2D eigenvalue weighted by atomic mass is 32.2. The highest BCUT2D eigenvalue weighted by molar-refractivity contribution is 7.90. The van der Waals surface area contributed by atoms with Crippen LogP contribution in [0, 0.1) is 0 Å². The van der Waals surface area contributed by atoms with Crippen molar-refractivity contribution < 1.29 is 27.9 Å². The van der Waals surface area contributed by atoms with Crippen molar-refractivity contribution in [2.24, 2.45) is 0 Å². The van der Waals surface area contributed by atoms with Crippen LogP contribution in [0.5, 0.6) is 0 Å². The van der Waals surface area contributed by atoms with Crippen molar-refractivity contribution in [2.45, 2.75) is 43.2 Å². The monoisotopic (exact) mass is 369 g/mol. The molecule has 7 nitrogen and oxygen atoms in total. The molecular weight excluding hydrogens is 346 g/mol. The first-order valence-corrected chi connectivity index (χ1v) is 9.95. The van der Waals surface area contributed by atoms with Crippen LogP contribution in [0.1, 0.15) is 35.7 Å². The maximum Gasteiger partial charge on any atom is 0.305 e. The first-order valence-electron chi connectivity index (χ1n) is 8.05. The number of aryl methyl sites for hydroxylation is 1. The molecule has 0 aliphatic carbocycles. The van der Waals surface area contributed by atoms with Gasteiger partial charge in [-0.2, -0.15) is 0 Å². The van der Waals surface area contributed by atoms with Gasteiger partial charge in [0, 0.05) is 31.5 Å². The Morgan fingerprint density at radius 2 is 2.04 bits per heavy atom. The summed E-state index contributed by atoms with van der Waals surface area (Å²) < 4.78 is 28.9. The molecule has 8 heteroatoms. The van der Waals surface area contributed by atoms with Gasteiger partial charge >= 0.3 is 5.97 Å². The van der Waals surface area contributed by atoms with E-state index in [1.807, 2.05) is 6.92 Å². The second-order valence-corrected chi connectivity index (χ2v) is 8.26. The molecule has 0 saturated carbocycles. The van der Waals surface area contributed by atoms with E-state index in [-0.39, 0.29) is 23.3 Å². The van der Waals surface area contributed by atoms with Gasteiger partial charge in [-0.05, 0) is 30.5 Å². The van der Waals surface area contributed by atoms with Crippen LogP contribution < -0.4 is 0 Å². The number of sulfone groups is 1. The average Bonchev–Trinajstić information content (AvgIpc) is 2.94. The summed E-state index contributed by atoms with van der Waals surface area (Å²) in [5.41, 5.74) is 1.03. The van der Waals surface area contributed by atoms with E-state index in [0.717, 1.165) is 11.8 Å². The van der Waals surface area contributed by atoms with Gasteiger partial charge in [0.05, 0.1) is 17.4 Å². The number of rotatable bonds is 6. The lowest BCUT2D eigenvalue weighted by Crippen LogP contribution is -2.37. The molecule has 1 aliphatic heterocycles. The first kappa shape index (κ1) is 19.4. The molecule has 2 rings (SSSR count). The number of nitrogens with zero attached hydrogens (tertiary/aromatic N) is 1. The average molecular weight is 369 g/mol. The van der Waals surface area contributed by atoms with Crippen LogP contribution in [0.15, 0.2) is 23.1 Å². The molecule has 0 radical (unpaired) electrons. The molecule has 2 unspecified atom stereocenters. The topological polar surface area (TPSA) is 101 Å². The van der Waals surface area contributed by atoms with Crippen LogP contribution in [0.4, 0.5) is 0 Å². The van der Waals surface area contributed by atoms with Gasteiger partial charge in [0.15, 0.2) is 9.84 Å². The Labute approximate surface area is 147 Å². The van der Waals surface area contributed by atoms with Gasteiger partial charge in [0.25, 0.3) is 5.91 Å². The van der Waals surface area contributed by atoms with E-state index in [9.17, 15) is 18.0 Å². The van der Waals surface area contributed by atoms with Gasteiger partial charge in [0.1, 0.15) is 0 Å². The molecule has 1 heterocycles. The molecule has 1 aromatic rings. The summed E-state index contributed by atoms with van der Waals surface area (Å²) in [5.74, 6) is -1.34. The zero-order valence-electron chi connectivity index (χ0n) is 14.6. The molecule has 1 amide bonds. The number of amides is 1. The standard InChI is InChI=1S/C17H23NO6S/c1-4-11-5-6-14(25(3,22)23)9-15(11)17(21)18-10-13(24-2)7-12(18)8-16(19)20/h5-6,9,12-13H,4,7-8,10H2,1-3H3,(H,19,20). The lowest BCUT2D eigenvalue weighted by molar-refractivity contribution is -0.138. The van der Waals surface area contributed by atoms with Crippen molar-refractivity contribution >= 4 is 21.7 Å². The number of carboxylic acid groups (broad SMARTS) is 1. The second kappa shape index (κ2) is 7.53. The number of hydrogen-bond donors (Lipinski definition) is 1. The highest BCUT2D eigenvalue weighted by Gasteiger charge is 2.37. The predicted molar refractivity (Wildman–Crippen MR) is 91.4 cm³/mol. The zero-order chi connectivity index (χ0) is 18.8. The highest BCUT2D eigenvalue weighted by Crippen LogP contribution is 2.27. The third kappa shape index (κ3) is 4.38. The summed E-state index contributed by atoms with van der Waals surface area (Å²) in [4.78, 5) is 25.7. The Bertz CT molecular complexity index is 773. The van der Waals surface area contributed by atoms with Crippen molar-refractivity contribution in [1.82, 2.24) is 4.90 Å². The van der Waals surface area contributed by atoms with Crippen molar-refractivity contribution in [2.75, 3.05) is 19.9 Å². The van der Waals surface area contributed by atoms with E-state index in [0.29, 0.717) is 24.9 Å². The van der Waals surface area contributed by atoms with Crippen molar-refractivity contribution in [1.29, 1.82) is 0 Å². The number of carbonyl (C=O) groups is 2. The molecule has 0 aromatic heterocycles. The Balaban J connectivity index is 2.42. The fourth-order valence-corrected chi connectivity index (χ4v) is 3.78. The number of carboxylic acids is 1. The van der Waals surface area contributed by atoms with Gasteiger partial charge in [-0.25, -0.2) is 8.42 Å². The van der Waals surface area contributed by atoms with Crippen LogP contribution in [0.3, 0.4) is 0 Å². The van der Waals surface area contributed by atoms with Crippen LogP contribution in [0.25, 0.3) is 0 Å². The number of hydrogen-bond acceptors (Lipinski definition) is 5. The van der Waals surface area contributed by atoms with Crippen LogP contribution in [-0.2, 0) is 25.8 Å². The van der Waals surface area contributed by atoms with E-state index >= 15 is 0 Å². The molecule has 1 N–H and O–H groups in total. The number of methoxy groups -OCH3 is 1. The number of ether oxygens (including phenoxy) is 1. The van der Waals surface area contributed by atoms with Gasteiger partial charge in [-0.15, -0.1) is 0 Å². The minimum absolute atomic E-state index is 0.0744. The molecular formula is C17H23NO6S. The van der Waals surface area contributed by atoms with Crippen LogP contribution in [0.2, 0.25) is 0 Å². The van der Waals surface area contributed by atoms with E-state index < -0.39 is 21.8 Å². The summed E-state index contributed by atoms with van der Waals surface area (Å²) >= 11 is 0. The molecule has 25 heavy (non-hydrogen) atoms. The minimum Gasteiger partial charge on any atom is -0.481 e. The van der Waals surface area contributed by atoms with Gasteiger partial charge in [-0.3, -0.25) is 9.59 Å². The molecule has 1 saturated heterocycles. The summed E-state index contributed by atoms with van der Waals surface area (Å²) in [6.45, 7) is 2.17. The maximum atomic E-state index is 13.0. The van der Waals surface area contributed by atoms with Crippen molar-refractivity contribution in [3.05, 3.63) is 29.3 Å². The zero-order valence-corrected chi connectivity index (χ0v) is 15.4. The Kier molecular flexibility index (Phi) is 5.84. The van der Waals surface area contributed by atoms with Crippen molar-refractivity contribution in [3.63, 3.8) is 0 Å². The van der Waals surface area contributed by atoms with E-state index in [1.165, 1.54) is 24.1 Å². The summed E-state index contributed by atoms with van der Waals surface area (Å²) in [5, 5.41) is 9.10. The normalized spacial score (nSPS) is 20.7. The summed E-state index contributed by atoms with van der Waals surface area (Å²) in [7, 11) is -1.92. The first-order chi connectivity index (χ1) is 11.7. The van der Waals surface area contributed by atoms with Crippen molar-refractivity contribution in [3.8, 4) is 0 Å².